The largest absolute Gasteiger partial charge is 0.497 e. The van der Waals surface area contributed by atoms with Crippen LogP contribution in [0.1, 0.15) is 25.5 Å². The molecule has 0 bridgehead atoms. The highest BCUT2D eigenvalue weighted by molar-refractivity contribution is 5.92. The van der Waals surface area contributed by atoms with Crippen LogP contribution in [0, 0.1) is 11.7 Å². The quantitative estimate of drug-likeness (QED) is 0.813. The number of carbonyl (C=O) groups is 1. The molecule has 0 aliphatic rings. The van der Waals surface area contributed by atoms with Gasteiger partial charge < -0.3 is 15.4 Å². The van der Waals surface area contributed by atoms with Crippen molar-refractivity contribution in [1.29, 1.82) is 0 Å². The Kier molecular flexibility index (Phi) is 6.32. The molecule has 1 atom stereocenters. The van der Waals surface area contributed by atoms with Gasteiger partial charge in [-0.05, 0) is 35.7 Å². The predicted octanol–water partition coefficient (Wildman–Crippen LogP) is 3.76. The lowest BCUT2D eigenvalue weighted by Crippen LogP contribution is -2.33. The summed E-state index contributed by atoms with van der Waals surface area (Å²) in [5.41, 5.74) is 1.64. The molecule has 1 amide bonds. The molecule has 2 rings (SSSR count). The van der Waals surface area contributed by atoms with Crippen molar-refractivity contribution < 1.29 is 13.9 Å². The molecule has 2 N–H and O–H groups in total. The van der Waals surface area contributed by atoms with Crippen molar-refractivity contribution >= 4 is 11.6 Å². The van der Waals surface area contributed by atoms with E-state index in [2.05, 4.69) is 24.5 Å². The summed E-state index contributed by atoms with van der Waals surface area (Å²) in [6, 6.07) is 13.5. The van der Waals surface area contributed by atoms with Gasteiger partial charge in [0.15, 0.2) is 0 Å². The lowest BCUT2D eigenvalue weighted by atomic mass is 9.96. The van der Waals surface area contributed by atoms with Gasteiger partial charge in [0.05, 0.1) is 13.7 Å². The number of nitrogens with one attached hydrogen (secondary N) is 2. The average molecular weight is 330 g/mol. The second kappa shape index (κ2) is 8.45. The number of methoxy groups -OCH3 is 1. The lowest BCUT2D eigenvalue weighted by molar-refractivity contribution is -0.115. The van der Waals surface area contributed by atoms with Gasteiger partial charge >= 0.3 is 0 Å². The Hall–Kier alpha value is -2.40. The second-order valence-electron chi connectivity index (χ2n) is 5.93. The van der Waals surface area contributed by atoms with E-state index in [4.69, 9.17) is 4.74 Å². The molecule has 5 heteroatoms. The number of carbonyl (C=O) groups excluding carboxylic acids is 1. The number of rotatable bonds is 7. The van der Waals surface area contributed by atoms with Crippen molar-refractivity contribution in [1.82, 2.24) is 5.32 Å². The van der Waals surface area contributed by atoms with E-state index in [9.17, 15) is 9.18 Å². The molecule has 0 fully saturated rings. The van der Waals surface area contributed by atoms with Gasteiger partial charge in [0.25, 0.3) is 0 Å². The van der Waals surface area contributed by atoms with Crippen molar-refractivity contribution in [2.24, 2.45) is 5.92 Å². The summed E-state index contributed by atoms with van der Waals surface area (Å²) in [4.78, 5) is 12.2. The maximum Gasteiger partial charge on any atom is 0.238 e. The van der Waals surface area contributed by atoms with Gasteiger partial charge in [0.1, 0.15) is 11.6 Å². The molecule has 2 aromatic carbocycles. The number of hydrogen-bond donors (Lipinski definition) is 2. The van der Waals surface area contributed by atoms with E-state index in [1.54, 1.807) is 31.4 Å². The van der Waals surface area contributed by atoms with E-state index in [1.165, 1.54) is 12.1 Å². The number of ether oxygens (including phenoxy) is 1. The minimum Gasteiger partial charge on any atom is -0.497 e. The predicted molar refractivity (Wildman–Crippen MR) is 93.6 cm³/mol. The summed E-state index contributed by atoms with van der Waals surface area (Å²) in [7, 11) is 1.58. The summed E-state index contributed by atoms with van der Waals surface area (Å²) in [6.45, 7) is 4.28. The highest BCUT2D eigenvalue weighted by atomic mass is 19.1. The van der Waals surface area contributed by atoms with Crippen molar-refractivity contribution in [3.05, 3.63) is 59.9 Å². The molecule has 0 unspecified atom stereocenters. The molecule has 128 valence electrons. The molecule has 0 aliphatic carbocycles. The third-order valence-corrected chi connectivity index (χ3v) is 3.73. The van der Waals surface area contributed by atoms with Crippen molar-refractivity contribution in [3.63, 3.8) is 0 Å². The van der Waals surface area contributed by atoms with Gasteiger partial charge in [-0.2, -0.15) is 0 Å². The molecule has 0 saturated carbocycles. The van der Waals surface area contributed by atoms with E-state index in [0.29, 0.717) is 11.4 Å². The van der Waals surface area contributed by atoms with Crippen LogP contribution in [0.25, 0.3) is 0 Å². The monoisotopic (exact) mass is 330 g/mol. The fourth-order valence-electron chi connectivity index (χ4n) is 2.52. The number of anilines is 1. The maximum atomic E-state index is 13.1. The van der Waals surface area contributed by atoms with E-state index in [-0.39, 0.29) is 30.2 Å². The minimum atomic E-state index is -0.267. The van der Waals surface area contributed by atoms with Gasteiger partial charge in [-0.15, -0.1) is 0 Å². The number of benzene rings is 2. The maximum absolute atomic E-state index is 13.1. The second-order valence-corrected chi connectivity index (χ2v) is 5.93. The fraction of sp³-hybridized carbons (Fsp3) is 0.316. The first-order valence-electron chi connectivity index (χ1n) is 7.92. The van der Waals surface area contributed by atoms with Gasteiger partial charge in [0, 0.05) is 17.8 Å². The van der Waals surface area contributed by atoms with Crippen LogP contribution in [0.5, 0.6) is 5.75 Å². The zero-order valence-corrected chi connectivity index (χ0v) is 14.2. The molecule has 0 heterocycles. The van der Waals surface area contributed by atoms with Crippen LogP contribution >= 0.6 is 0 Å². The summed E-state index contributed by atoms with van der Waals surface area (Å²) < 4.78 is 18.2. The molecule has 0 spiro atoms. The number of hydrogen-bond acceptors (Lipinski definition) is 3. The van der Waals surface area contributed by atoms with E-state index < -0.39 is 0 Å². The Bertz CT molecular complexity index is 671. The van der Waals surface area contributed by atoms with Crippen LogP contribution in [0.3, 0.4) is 0 Å². The van der Waals surface area contributed by atoms with Crippen LogP contribution in [-0.4, -0.2) is 19.6 Å². The van der Waals surface area contributed by atoms with Gasteiger partial charge in [0.2, 0.25) is 5.91 Å². The normalized spacial score (nSPS) is 12.0. The number of halogens is 1. The van der Waals surface area contributed by atoms with Crippen molar-refractivity contribution in [2.75, 3.05) is 19.0 Å². The molecular formula is C19H23FN2O2. The Morgan fingerprint density at radius 2 is 1.88 bits per heavy atom. The molecule has 24 heavy (non-hydrogen) atoms. The zero-order valence-electron chi connectivity index (χ0n) is 14.2. The summed E-state index contributed by atoms with van der Waals surface area (Å²) in [5, 5.41) is 6.07. The van der Waals surface area contributed by atoms with E-state index >= 15 is 0 Å². The summed E-state index contributed by atoms with van der Waals surface area (Å²) in [5.74, 6) is 0.542. The van der Waals surface area contributed by atoms with E-state index in [0.717, 1.165) is 5.56 Å². The third kappa shape index (κ3) is 5.06. The van der Waals surface area contributed by atoms with Gasteiger partial charge in [-0.25, -0.2) is 4.39 Å². The number of amides is 1. The van der Waals surface area contributed by atoms with Gasteiger partial charge in [-0.1, -0.05) is 32.0 Å². The molecule has 0 radical (unpaired) electrons. The fourth-order valence-corrected chi connectivity index (χ4v) is 2.52. The SMILES string of the molecule is COc1cccc(NC(=O)CN[C@H](c2ccc(F)cc2)C(C)C)c1. The first-order valence-corrected chi connectivity index (χ1v) is 7.92. The molecule has 0 aliphatic heterocycles. The third-order valence-electron chi connectivity index (χ3n) is 3.73. The first kappa shape index (κ1) is 17.9. The van der Waals surface area contributed by atoms with Gasteiger partial charge in [-0.3, -0.25) is 4.79 Å². The summed E-state index contributed by atoms with van der Waals surface area (Å²) in [6.07, 6.45) is 0. The Morgan fingerprint density at radius 3 is 2.50 bits per heavy atom. The van der Waals surface area contributed by atoms with Crippen LogP contribution in [0.2, 0.25) is 0 Å². The van der Waals surface area contributed by atoms with Crippen LogP contribution < -0.4 is 15.4 Å². The molecule has 0 saturated heterocycles. The molecule has 4 nitrogen and oxygen atoms in total. The topological polar surface area (TPSA) is 50.4 Å². The summed E-state index contributed by atoms with van der Waals surface area (Å²) >= 11 is 0. The average Bonchev–Trinajstić information content (AvgIpc) is 2.56. The highest BCUT2D eigenvalue weighted by Gasteiger charge is 2.16. The molecule has 0 aromatic heterocycles. The lowest BCUT2D eigenvalue weighted by Gasteiger charge is -2.23. The Labute approximate surface area is 142 Å². The molecular weight excluding hydrogens is 307 g/mol. The van der Waals surface area contributed by atoms with E-state index in [1.807, 2.05) is 12.1 Å². The minimum absolute atomic E-state index is 0.0262. The first-order chi connectivity index (χ1) is 11.5. The van der Waals surface area contributed by atoms with Crippen molar-refractivity contribution in [3.8, 4) is 5.75 Å². The highest BCUT2D eigenvalue weighted by Crippen LogP contribution is 2.22. The standard InChI is InChI=1S/C19H23FN2O2/c1-13(2)19(14-7-9-15(20)10-8-14)21-12-18(23)22-16-5-4-6-17(11-16)24-3/h4-11,13,19,21H,12H2,1-3H3,(H,22,23)/t19-/m0/s1. The van der Waals surface area contributed by atoms with Crippen LogP contribution in [0.4, 0.5) is 10.1 Å². The van der Waals surface area contributed by atoms with Crippen LogP contribution in [0.15, 0.2) is 48.5 Å². The Morgan fingerprint density at radius 1 is 1.17 bits per heavy atom. The zero-order chi connectivity index (χ0) is 17.5. The smallest absolute Gasteiger partial charge is 0.238 e. The van der Waals surface area contributed by atoms with Crippen molar-refractivity contribution in [2.45, 2.75) is 19.9 Å². The van der Waals surface area contributed by atoms with Crippen LogP contribution in [-0.2, 0) is 4.79 Å². The Balaban J connectivity index is 1.96. The molecule has 2 aromatic rings.